The van der Waals surface area contributed by atoms with Crippen molar-refractivity contribution in [2.24, 2.45) is 0 Å². The lowest BCUT2D eigenvalue weighted by Gasteiger charge is -2.13. The summed E-state index contributed by atoms with van der Waals surface area (Å²) in [5.41, 5.74) is -0.581. The van der Waals surface area contributed by atoms with Gasteiger partial charge in [0.1, 0.15) is 5.69 Å². The number of benzene rings is 2. The van der Waals surface area contributed by atoms with E-state index in [-0.39, 0.29) is 21.0 Å². The lowest BCUT2D eigenvalue weighted by atomic mass is 10.2. The summed E-state index contributed by atoms with van der Waals surface area (Å²) in [6, 6.07) is 5.29. The van der Waals surface area contributed by atoms with Gasteiger partial charge in [-0.3, -0.25) is 4.57 Å². The summed E-state index contributed by atoms with van der Waals surface area (Å²) in [7, 11) is -4.44. The second-order valence-corrected chi connectivity index (χ2v) is 7.55. The van der Waals surface area contributed by atoms with E-state index in [0.29, 0.717) is 10.9 Å². The van der Waals surface area contributed by atoms with Crippen LogP contribution in [0.25, 0.3) is 16.6 Å². The molecule has 3 aromatic rings. The number of hydrogen-bond donors (Lipinski definition) is 2. The van der Waals surface area contributed by atoms with Crippen molar-refractivity contribution < 1.29 is 27.5 Å². The molecule has 11 heteroatoms. The van der Waals surface area contributed by atoms with Gasteiger partial charge in [-0.05, 0) is 30.3 Å². The first-order valence-electron chi connectivity index (χ1n) is 6.59. The summed E-state index contributed by atoms with van der Waals surface area (Å²) in [6.07, 6.45) is -3.30. The lowest BCUT2D eigenvalue weighted by Crippen LogP contribution is -2.07. The first-order chi connectivity index (χ1) is 11.5. The van der Waals surface area contributed by atoms with Gasteiger partial charge in [-0.2, -0.15) is 18.3 Å². The van der Waals surface area contributed by atoms with Gasteiger partial charge in [-0.25, -0.2) is 4.68 Å². The van der Waals surface area contributed by atoms with Gasteiger partial charge in [0.25, 0.3) is 0 Å². The van der Waals surface area contributed by atoms with E-state index in [4.69, 9.17) is 23.2 Å². The summed E-state index contributed by atoms with van der Waals surface area (Å²) in [5, 5.41) is 3.66. The molecule has 2 N–H and O–H groups in total. The van der Waals surface area contributed by atoms with Crippen molar-refractivity contribution in [2.75, 3.05) is 0 Å². The van der Waals surface area contributed by atoms with Gasteiger partial charge in [0, 0.05) is 5.39 Å². The quantitative estimate of drug-likeness (QED) is 0.622. The largest absolute Gasteiger partial charge is 0.416 e. The highest BCUT2D eigenvalue weighted by atomic mass is 35.5. The molecule has 0 aliphatic heterocycles. The van der Waals surface area contributed by atoms with Crippen molar-refractivity contribution >= 4 is 47.0 Å². The van der Waals surface area contributed by atoms with E-state index < -0.39 is 19.3 Å². The molecular formula is C14H8Cl2F3N2O3P. The minimum absolute atomic E-state index is 0.0373. The van der Waals surface area contributed by atoms with Crippen LogP contribution in [0.3, 0.4) is 0 Å². The Bertz CT molecular complexity index is 1010. The third kappa shape index (κ3) is 3.41. The SMILES string of the molecule is O=P(O)(O)c1ccc2c(cnn2-c2c(Cl)cc(C(F)(F)F)cc2Cl)c1. The Morgan fingerprint density at radius 1 is 1.08 bits per heavy atom. The molecule has 0 amide bonds. The first kappa shape index (κ1) is 18.2. The van der Waals surface area contributed by atoms with Crippen molar-refractivity contribution in [1.82, 2.24) is 9.78 Å². The fourth-order valence-corrected chi connectivity index (χ4v) is 3.53. The summed E-state index contributed by atoms with van der Waals surface area (Å²) in [5.74, 6) is 0. The molecule has 1 heterocycles. The molecule has 25 heavy (non-hydrogen) atoms. The predicted octanol–water partition coefficient (Wildman–Crippen LogP) is 4.15. The molecular weight excluding hydrogens is 403 g/mol. The Morgan fingerprint density at radius 2 is 1.68 bits per heavy atom. The van der Waals surface area contributed by atoms with Crippen LogP contribution in [-0.2, 0) is 10.7 Å². The molecule has 0 spiro atoms. The van der Waals surface area contributed by atoms with Crippen LogP contribution in [0.5, 0.6) is 0 Å². The van der Waals surface area contributed by atoms with E-state index in [1.807, 2.05) is 0 Å². The highest BCUT2D eigenvalue weighted by Gasteiger charge is 2.32. The maximum atomic E-state index is 12.8. The molecule has 0 saturated carbocycles. The normalized spacial score (nSPS) is 12.8. The highest BCUT2D eigenvalue weighted by molar-refractivity contribution is 7.60. The topological polar surface area (TPSA) is 75.3 Å². The number of hydrogen-bond acceptors (Lipinski definition) is 2. The smallest absolute Gasteiger partial charge is 0.321 e. The summed E-state index contributed by atoms with van der Waals surface area (Å²) >= 11 is 11.9. The Labute approximate surface area is 148 Å². The van der Waals surface area contributed by atoms with E-state index in [1.54, 1.807) is 0 Å². The van der Waals surface area contributed by atoms with Crippen LogP contribution in [0, 0.1) is 0 Å². The van der Waals surface area contributed by atoms with E-state index in [9.17, 15) is 27.5 Å². The average molecular weight is 411 g/mol. The number of aromatic nitrogens is 2. The van der Waals surface area contributed by atoms with Crippen LogP contribution in [0.4, 0.5) is 13.2 Å². The number of nitrogens with zero attached hydrogens (tertiary/aromatic N) is 2. The van der Waals surface area contributed by atoms with Crippen LogP contribution >= 0.6 is 30.8 Å². The monoisotopic (exact) mass is 410 g/mol. The molecule has 1 aromatic heterocycles. The molecule has 0 saturated heterocycles. The number of halogens is 5. The molecule has 3 rings (SSSR count). The molecule has 0 fully saturated rings. The van der Waals surface area contributed by atoms with Gasteiger partial charge in [-0.1, -0.05) is 23.2 Å². The maximum absolute atomic E-state index is 12.8. The minimum atomic E-state index is -4.60. The zero-order valence-electron chi connectivity index (χ0n) is 12.0. The number of fused-ring (bicyclic) bond motifs is 1. The second-order valence-electron chi connectivity index (χ2n) is 5.13. The number of rotatable bonds is 2. The van der Waals surface area contributed by atoms with Crippen LogP contribution in [0.1, 0.15) is 5.56 Å². The van der Waals surface area contributed by atoms with E-state index in [1.165, 1.54) is 29.1 Å². The van der Waals surface area contributed by atoms with Crippen LogP contribution in [0.2, 0.25) is 10.0 Å². The Morgan fingerprint density at radius 3 is 2.20 bits per heavy atom. The second kappa shape index (κ2) is 6.00. The third-order valence-corrected chi connectivity index (χ3v) is 4.97. The van der Waals surface area contributed by atoms with Crippen LogP contribution in [-0.4, -0.2) is 19.6 Å². The van der Waals surface area contributed by atoms with Crippen molar-refractivity contribution in [3.05, 3.63) is 52.1 Å². The van der Waals surface area contributed by atoms with Crippen LogP contribution < -0.4 is 5.30 Å². The van der Waals surface area contributed by atoms with Crippen LogP contribution in [0.15, 0.2) is 36.5 Å². The van der Waals surface area contributed by atoms with E-state index >= 15 is 0 Å². The summed E-state index contributed by atoms with van der Waals surface area (Å²) in [4.78, 5) is 18.4. The van der Waals surface area contributed by atoms with E-state index in [0.717, 1.165) is 12.1 Å². The zero-order valence-corrected chi connectivity index (χ0v) is 14.4. The van der Waals surface area contributed by atoms with Gasteiger partial charge in [0.05, 0.1) is 32.6 Å². The molecule has 132 valence electrons. The predicted molar refractivity (Wildman–Crippen MR) is 87.8 cm³/mol. The lowest BCUT2D eigenvalue weighted by molar-refractivity contribution is -0.137. The fourth-order valence-electron chi connectivity index (χ4n) is 2.31. The van der Waals surface area contributed by atoms with Crippen molar-refractivity contribution in [2.45, 2.75) is 6.18 Å². The molecule has 0 unspecified atom stereocenters. The Kier molecular flexibility index (Phi) is 4.38. The Hall–Kier alpha value is -1.57. The highest BCUT2D eigenvalue weighted by Crippen LogP contribution is 2.39. The van der Waals surface area contributed by atoms with Crippen molar-refractivity contribution in [3.8, 4) is 5.69 Å². The molecule has 0 bridgehead atoms. The van der Waals surface area contributed by atoms with E-state index in [2.05, 4.69) is 5.10 Å². The molecule has 0 aliphatic carbocycles. The molecule has 0 aliphatic rings. The summed E-state index contributed by atoms with van der Waals surface area (Å²) < 4.78 is 51.0. The zero-order chi connectivity index (χ0) is 18.6. The van der Waals surface area contributed by atoms with Gasteiger partial charge in [-0.15, -0.1) is 0 Å². The first-order valence-corrected chi connectivity index (χ1v) is 8.96. The standard InChI is InChI=1S/C14H8Cl2F3N2O3P/c15-10-4-8(14(17,18)19)5-11(16)13(10)21-12-2-1-9(25(22,23)24)3-7(12)6-20-21/h1-6H,(H2,22,23,24). The van der Waals surface area contributed by atoms with Gasteiger partial charge in [0.2, 0.25) is 0 Å². The fraction of sp³-hybridized carbons (Fsp3) is 0.0714. The molecule has 5 nitrogen and oxygen atoms in total. The Balaban J connectivity index is 2.19. The third-order valence-electron chi connectivity index (χ3n) is 3.44. The summed E-state index contributed by atoms with van der Waals surface area (Å²) in [6.45, 7) is 0. The van der Waals surface area contributed by atoms with Gasteiger partial charge < -0.3 is 9.79 Å². The minimum Gasteiger partial charge on any atom is -0.321 e. The van der Waals surface area contributed by atoms with Crippen molar-refractivity contribution in [1.29, 1.82) is 0 Å². The molecule has 0 atom stereocenters. The molecule has 2 aromatic carbocycles. The number of alkyl halides is 3. The van der Waals surface area contributed by atoms with Crippen molar-refractivity contribution in [3.63, 3.8) is 0 Å². The van der Waals surface area contributed by atoms with Gasteiger partial charge >= 0.3 is 13.8 Å². The van der Waals surface area contributed by atoms with Gasteiger partial charge in [0.15, 0.2) is 0 Å². The maximum Gasteiger partial charge on any atom is 0.416 e. The molecule has 0 radical (unpaired) electrons. The average Bonchev–Trinajstić information content (AvgIpc) is 2.88.